The number of nitrogens with one attached hydrogen (secondary N) is 1. The molecule has 0 aliphatic rings. The Balaban J connectivity index is 2.36. The molecule has 2 heterocycles. The van der Waals surface area contributed by atoms with E-state index < -0.39 is 12.0 Å². The van der Waals surface area contributed by atoms with Crippen molar-refractivity contribution in [2.45, 2.75) is 6.18 Å². The quantitative estimate of drug-likeness (QED) is 0.800. The smallest absolute Gasteiger partial charge is 0.255 e. The maximum Gasteiger partial charge on any atom is 0.451 e. The number of hydrogen-bond acceptors (Lipinski definition) is 3. The van der Waals surface area contributed by atoms with E-state index in [0.29, 0.717) is 4.88 Å². The van der Waals surface area contributed by atoms with E-state index in [4.69, 9.17) is 0 Å². The van der Waals surface area contributed by atoms with Gasteiger partial charge in [0.25, 0.3) is 0 Å². The van der Waals surface area contributed by atoms with Gasteiger partial charge in [0, 0.05) is 0 Å². The van der Waals surface area contributed by atoms with Crippen LogP contribution in [-0.4, -0.2) is 15.2 Å². The van der Waals surface area contributed by atoms with Crippen LogP contribution in [0.4, 0.5) is 13.2 Å². The minimum atomic E-state index is -4.47. The lowest BCUT2D eigenvalue weighted by Gasteiger charge is -1.98. The molecular formula is C7H4F3N3S. The lowest BCUT2D eigenvalue weighted by atomic mass is 10.4. The SMILES string of the molecule is FC(F)(F)c1nc(-c2cccs2)n[nH]1. The summed E-state index contributed by atoms with van der Waals surface area (Å²) in [7, 11) is 0. The van der Waals surface area contributed by atoms with Crippen LogP contribution in [0.15, 0.2) is 17.5 Å². The maximum atomic E-state index is 12.1. The van der Waals surface area contributed by atoms with Crippen LogP contribution in [-0.2, 0) is 6.18 Å². The summed E-state index contributed by atoms with van der Waals surface area (Å²) < 4.78 is 36.3. The summed E-state index contributed by atoms with van der Waals surface area (Å²) >= 11 is 1.29. The zero-order valence-electron chi connectivity index (χ0n) is 6.67. The third-order valence-electron chi connectivity index (χ3n) is 1.50. The van der Waals surface area contributed by atoms with Crippen LogP contribution in [0.5, 0.6) is 0 Å². The predicted molar refractivity (Wildman–Crippen MR) is 44.7 cm³/mol. The van der Waals surface area contributed by atoms with E-state index in [1.54, 1.807) is 17.5 Å². The van der Waals surface area contributed by atoms with E-state index in [1.807, 2.05) is 5.10 Å². The fourth-order valence-electron chi connectivity index (χ4n) is 0.905. The molecule has 0 saturated carbocycles. The molecule has 0 amide bonds. The monoisotopic (exact) mass is 219 g/mol. The molecule has 0 atom stereocenters. The molecule has 0 radical (unpaired) electrons. The summed E-state index contributed by atoms with van der Waals surface area (Å²) in [5, 5.41) is 7.08. The maximum absolute atomic E-state index is 12.1. The van der Waals surface area contributed by atoms with Crippen molar-refractivity contribution in [2.75, 3.05) is 0 Å². The zero-order chi connectivity index (χ0) is 10.2. The summed E-state index contributed by atoms with van der Waals surface area (Å²) in [6.07, 6.45) is -4.47. The number of thiophene rings is 1. The first-order chi connectivity index (χ1) is 6.57. The van der Waals surface area contributed by atoms with E-state index in [2.05, 4.69) is 10.1 Å². The molecule has 3 nitrogen and oxygen atoms in total. The van der Waals surface area contributed by atoms with Gasteiger partial charge in [-0.25, -0.2) is 4.98 Å². The highest BCUT2D eigenvalue weighted by Crippen LogP contribution is 2.28. The van der Waals surface area contributed by atoms with Gasteiger partial charge in [-0.2, -0.15) is 18.3 Å². The van der Waals surface area contributed by atoms with E-state index in [9.17, 15) is 13.2 Å². The van der Waals surface area contributed by atoms with E-state index in [0.717, 1.165) is 0 Å². The van der Waals surface area contributed by atoms with Gasteiger partial charge in [0.15, 0.2) is 5.82 Å². The Morgan fingerprint density at radius 2 is 2.14 bits per heavy atom. The lowest BCUT2D eigenvalue weighted by Crippen LogP contribution is -2.07. The molecule has 74 valence electrons. The Hall–Kier alpha value is -1.37. The molecule has 0 bridgehead atoms. The second kappa shape index (κ2) is 3.09. The minimum absolute atomic E-state index is 0.0762. The first-order valence-corrected chi connectivity index (χ1v) is 4.49. The molecular weight excluding hydrogens is 215 g/mol. The molecule has 2 rings (SSSR count). The number of nitrogens with zero attached hydrogens (tertiary/aromatic N) is 2. The summed E-state index contributed by atoms with van der Waals surface area (Å²) in [5.41, 5.74) is 0. The lowest BCUT2D eigenvalue weighted by molar-refractivity contribution is -0.144. The summed E-state index contributed by atoms with van der Waals surface area (Å²) in [6.45, 7) is 0. The van der Waals surface area contributed by atoms with E-state index in [-0.39, 0.29) is 5.82 Å². The first-order valence-electron chi connectivity index (χ1n) is 3.61. The average Bonchev–Trinajstić information content (AvgIpc) is 2.73. The van der Waals surface area contributed by atoms with Gasteiger partial charge >= 0.3 is 6.18 Å². The average molecular weight is 219 g/mol. The summed E-state index contributed by atoms with van der Waals surface area (Å²) in [4.78, 5) is 3.95. The topological polar surface area (TPSA) is 41.6 Å². The zero-order valence-corrected chi connectivity index (χ0v) is 7.49. The molecule has 7 heteroatoms. The van der Waals surface area contributed by atoms with Gasteiger partial charge < -0.3 is 0 Å². The van der Waals surface area contributed by atoms with Crippen molar-refractivity contribution in [3.8, 4) is 10.7 Å². The molecule has 2 aromatic rings. The fourth-order valence-corrected chi connectivity index (χ4v) is 1.56. The molecule has 1 N–H and O–H groups in total. The predicted octanol–water partition coefficient (Wildman–Crippen LogP) is 2.55. The molecule has 0 saturated heterocycles. The Morgan fingerprint density at radius 3 is 2.64 bits per heavy atom. The van der Waals surface area contributed by atoms with Crippen molar-refractivity contribution in [1.29, 1.82) is 0 Å². The van der Waals surface area contributed by atoms with Gasteiger partial charge in [-0.3, -0.25) is 5.10 Å². The molecule has 14 heavy (non-hydrogen) atoms. The Morgan fingerprint density at radius 1 is 1.36 bits per heavy atom. The van der Waals surface area contributed by atoms with Gasteiger partial charge in [0.2, 0.25) is 5.82 Å². The molecule has 0 fully saturated rings. The van der Waals surface area contributed by atoms with Crippen molar-refractivity contribution < 1.29 is 13.2 Å². The summed E-state index contributed by atoms with van der Waals surface area (Å²) in [6, 6.07) is 3.39. The molecule has 0 aromatic carbocycles. The van der Waals surface area contributed by atoms with Crippen LogP contribution >= 0.6 is 11.3 Å². The van der Waals surface area contributed by atoms with Crippen molar-refractivity contribution in [1.82, 2.24) is 15.2 Å². The second-order valence-corrected chi connectivity index (χ2v) is 3.43. The van der Waals surface area contributed by atoms with Crippen LogP contribution in [0.3, 0.4) is 0 Å². The third-order valence-corrected chi connectivity index (χ3v) is 2.36. The Labute approximate surface area is 80.6 Å². The van der Waals surface area contributed by atoms with Crippen molar-refractivity contribution in [3.05, 3.63) is 23.3 Å². The van der Waals surface area contributed by atoms with Crippen LogP contribution in [0, 0.1) is 0 Å². The van der Waals surface area contributed by atoms with Crippen molar-refractivity contribution >= 4 is 11.3 Å². The molecule has 0 unspecified atom stereocenters. The molecule has 2 aromatic heterocycles. The highest BCUT2D eigenvalue weighted by molar-refractivity contribution is 7.13. The Bertz CT molecular complexity index is 418. The number of alkyl halides is 3. The standard InChI is InChI=1S/C7H4F3N3S/c8-7(9,10)6-11-5(12-13-6)4-2-1-3-14-4/h1-3H,(H,11,12,13). The number of hydrogen-bond donors (Lipinski definition) is 1. The number of aromatic nitrogens is 3. The van der Waals surface area contributed by atoms with Gasteiger partial charge in [-0.15, -0.1) is 11.3 Å². The third kappa shape index (κ3) is 1.63. The fraction of sp³-hybridized carbons (Fsp3) is 0.143. The van der Waals surface area contributed by atoms with E-state index >= 15 is 0 Å². The van der Waals surface area contributed by atoms with Crippen LogP contribution in [0.1, 0.15) is 5.82 Å². The highest BCUT2D eigenvalue weighted by atomic mass is 32.1. The van der Waals surface area contributed by atoms with Crippen molar-refractivity contribution in [2.24, 2.45) is 0 Å². The number of H-pyrrole nitrogens is 1. The van der Waals surface area contributed by atoms with Crippen LogP contribution in [0.2, 0.25) is 0 Å². The largest absolute Gasteiger partial charge is 0.451 e. The van der Waals surface area contributed by atoms with Crippen molar-refractivity contribution in [3.63, 3.8) is 0 Å². The van der Waals surface area contributed by atoms with Crippen LogP contribution < -0.4 is 0 Å². The summed E-state index contributed by atoms with van der Waals surface area (Å²) in [5.74, 6) is -0.992. The molecule has 0 aliphatic carbocycles. The van der Waals surface area contributed by atoms with Gasteiger partial charge in [-0.1, -0.05) is 6.07 Å². The number of rotatable bonds is 1. The Kier molecular flexibility index (Phi) is 2.03. The van der Waals surface area contributed by atoms with Gasteiger partial charge in [0.1, 0.15) is 0 Å². The number of aromatic amines is 1. The van der Waals surface area contributed by atoms with Gasteiger partial charge in [0.05, 0.1) is 4.88 Å². The second-order valence-electron chi connectivity index (χ2n) is 2.48. The molecule has 0 spiro atoms. The highest BCUT2D eigenvalue weighted by Gasteiger charge is 2.35. The van der Waals surface area contributed by atoms with E-state index in [1.165, 1.54) is 11.3 Å². The first kappa shape index (κ1) is 9.20. The number of halogens is 3. The normalized spacial score (nSPS) is 11.9. The minimum Gasteiger partial charge on any atom is -0.255 e. The van der Waals surface area contributed by atoms with Gasteiger partial charge in [-0.05, 0) is 11.4 Å². The molecule has 0 aliphatic heterocycles. The van der Waals surface area contributed by atoms with Crippen LogP contribution in [0.25, 0.3) is 10.7 Å².